The molecule has 0 spiro atoms. The van der Waals surface area contributed by atoms with E-state index >= 15 is 0 Å². The Balaban J connectivity index is 2.15. The molecular weight excluding hydrogens is 202 g/mol. The first kappa shape index (κ1) is 11.2. The molecule has 2 heterocycles. The summed E-state index contributed by atoms with van der Waals surface area (Å²) >= 11 is 0. The number of aryl methyl sites for hydroxylation is 2. The van der Waals surface area contributed by atoms with Crippen LogP contribution in [0.5, 0.6) is 0 Å². The van der Waals surface area contributed by atoms with E-state index < -0.39 is 0 Å². The Kier molecular flexibility index (Phi) is 2.99. The lowest BCUT2D eigenvalue weighted by Crippen LogP contribution is -2.39. The minimum atomic E-state index is 0.136. The molecule has 1 aromatic heterocycles. The van der Waals surface area contributed by atoms with Crippen LogP contribution in [-0.4, -0.2) is 33.7 Å². The van der Waals surface area contributed by atoms with Gasteiger partial charge in [0.1, 0.15) is 0 Å². The first-order valence-electron chi connectivity index (χ1n) is 5.87. The molecule has 2 rings (SSSR count). The molecule has 4 nitrogen and oxygen atoms in total. The molecule has 0 N–H and O–H groups in total. The molecule has 0 radical (unpaired) electrons. The minimum absolute atomic E-state index is 0.136. The van der Waals surface area contributed by atoms with E-state index in [1.165, 1.54) is 6.42 Å². The zero-order chi connectivity index (χ0) is 11.7. The second-order valence-electron chi connectivity index (χ2n) is 4.80. The van der Waals surface area contributed by atoms with Gasteiger partial charge in [0, 0.05) is 26.3 Å². The number of rotatable bonds is 1. The molecule has 16 heavy (non-hydrogen) atoms. The van der Waals surface area contributed by atoms with Gasteiger partial charge in [0.25, 0.3) is 5.91 Å². The van der Waals surface area contributed by atoms with Crippen molar-refractivity contribution in [3.8, 4) is 0 Å². The number of carbonyl (C=O) groups excluding carboxylic acids is 1. The first-order chi connectivity index (χ1) is 7.58. The van der Waals surface area contributed by atoms with Crippen molar-refractivity contribution in [1.82, 2.24) is 14.7 Å². The number of hydrogen-bond acceptors (Lipinski definition) is 2. The van der Waals surface area contributed by atoms with E-state index in [2.05, 4.69) is 12.0 Å². The van der Waals surface area contributed by atoms with Crippen LogP contribution in [0.3, 0.4) is 0 Å². The predicted octanol–water partition coefficient (Wildman–Crippen LogP) is 1.60. The van der Waals surface area contributed by atoms with Crippen LogP contribution in [0, 0.1) is 12.8 Å². The van der Waals surface area contributed by atoms with Gasteiger partial charge in [-0.25, -0.2) is 0 Å². The monoisotopic (exact) mass is 221 g/mol. The summed E-state index contributed by atoms with van der Waals surface area (Å²) in [5.74, 6) is 0.756. The molecule has 1 atom stereocenters. The molecule has 1 saturated heterocycles. The van der Waals surface area contributed by atoms with Crippen LogP contribution < -0.4 is 0 Å². The summed E-state index contributed by atoms with van der Waals surface area (Å²) < 4.78 is 1.70. The van der Waals surface area contributed by atoms with Crippen LogP contribution >= 0.6 is 0 Å². The SMILES string of the molecule is Cc1nn(C)cc1C(=O)N1CCCC(C)C1. The molecule has 88 valence electrons. The van der Waals surface area contributed by atoms with Crippen LogP contribution in [0.4, 0.5) is 0 Å². The molecule has 4 heteroatoms. The van der Waals surface area contributed by atoms with Crippen LogP contribution in [-0.2, 0) is 7.05 Å². The van der Waals surface area contributed by atoms with Crippen LogP contribution in [0.25, 0.3) is 0 Å². The minimum Gasteiger partial charge on any atom is -0.338 e. The van der Waals surface area contributed by atoms with Gasteiger partial charge < -0.3 is 4.90 Å². The predicted molar refractivity (Wildman–Crippen MR) is 62.2 cm³/mol. The van der Waals surface area contributed by atoms with Gasteiger partial charge in [-0.3, -0.25) is 9.48 Å². The molecule has 0 aromatic carbocycles. The van der Waals surface area contributed by atoms with Crippen molar-refractivity contribution >= 4 is 5.91 Å². The molecular formula is C12H19N3O. The molecule has 1 aliphatic heterocycles. The maximum absolute atomic E-state index is 12.3. The number of nitrogens with zero attached hydrogens (tertiary/aromatic N) is 3. The highest BCUT2D eigenvalue weighted by Gasteiger charge is 2.24. The zero-order valence-electron chi connectivity index (χ0n) is 10.2. The van der Waals surface area contributed by atoms with Gasteiger partial charge in [-0.1, -0.05) is 6.92 Å². The lowest BCUT2D eigenvalue weighted by atomic mass is 9.99. The first-order valence-corrected chi connectivity index (χ1v) is 5.87. The zero-order valence-corrected chi connectivity index (χ0v) is 10.2. The Morgan fingerprint density at radius 1 is 1.56 bits per heavy atom. The van der Waals surface area contributed by atoms with Crippen LogP contribution in [0.2, 0.25) is 0 Å². The second kappa shape index (κ2) is 4.28. The third kappa shape index (κ3) is 2.10. The van der Waals surface area contributed by atoms with Crippen molar-refractivity contribution in [2.45, 2.75) is 26.7 Å². The van der Waals surface area contributed by atoms with E-state index in [1.807, 2.05) is 25.1 Å². The molecule has 0 aliphatic carbocycles. The van der Waals surface area contributed by atoms with E-state index in [0.29, 0.717) is 5.92 Å². The number of hydrogen-bond donors (Lipinski definition) is 0. The highest BCUT2D eigenvalue weighted by Crippen LogP contribution is 2.18. The number of carbonyl (C=O) groups is 1. The summed E-state index contributed by atoms with van der Waals surface area (Å²) in [4.78, 5) is 14.2. The maximum Gasteiger partial charge on any atom is 0.257 e. The van der Waals surface area contributed by atoms with Crippen molar-refractivity contribution in [2.24, 2.45) is 13.0 Å². The molecule has 1 unspecified atom stereocenters. The fourth-order valence-corrected chi connectivity index (χ4v) is 2.35. The Hall–Kier alpha value is -1.32. The van der Waals surface area contributed by atoms with Gasteiger partial charge in [0.05, 0.1) is 11.3 Å². The lowest BCUT2D eigenvalue weighted by Gasteiger charge is -2.30. The summed E-state index contributed by atoms with van der Waals surface area (Å²) in [5.41, 5.74) is 1.57. The topological polar surface area (TPSA) is 38.1 Å². The van der Waals surface area contributed by atoms with Crippen molar-refractivity contribution < 1.29 is 4.79 Å². The number of likely N-dealkylation sites (tertiary alicyclic amines) is 1. The van der Waals surface area contributed by atoms with E-state index in [4.69, 9.17) is 0 Å². The average Bonchev–Trinajstić information content (AvgIpc) is 2.57. The highest BCUT2D eigenvalue weighted by molar-refractivity contribution is 5.95. The van der Waals surface area contributed by atoms with Crippen LogP contribution in [0.1, 0.15) is 35.8 Å². The number of piperidine rings is 1. The number of aromatic nitrogens is 2. The van der Waals surface area contributed by atoms with Gasteiger partial charge in [0.2, 0.25) is 0 Å². The summed E-state index contributed by atoms with van der Waals surface area (Å²) in [7, 11) is 1.85. The van der Waals surface area contributed by atoms with Gasteiger partial charge in [-0.2, -0.15) is 5.10 Å². The normalized spacial score (nSPS) is 21.2. The summed E-state index contributed by atoms with van der Waals surface area (Å²) in [5, 5.41) is 4.22. The molecule has 0 saturated carbocycles. The van der Waals surface area contributed by atoms with Crippen molar-refractivity contribution in [3.63, 3.8) is 0 Å². The molecule has 1 amide bonds. The van der Waals surface area contributed by atoms with E-state index in [9.17, 15) is 4.79 Å². The van der Waals surface area contributed by atoms with Gasteiger partial charge in [-0.05, 0) is 25.7 Å². The third-order valence-corrected chi connectivity index (χ3v) is 3.19. The fraction of sp³-hybridized carbons (Fsp3) is 0.667. The average molecular weight is 221 g/mol. The fourth-order valence-electron chi connectivity index (χ4n) is 2.35. The quantitative estimate of drug-likeness (QED) is 0.722. The van der Waals surface area contributed by atoms with Gasteiger partial charge in [0.15, 0.2) is 0 Å². The Labute approximate surface area is 96.2 Å². The lowest BCUT2D eigenvalue weighted by molar-refractivity contribution is 0.0682. The smallest absolute Gasteiger partial charge is 0.257 e. The Morgan fingerprint density at radius 2 is 2.31 bits per heavy atom. The Morgan fingerprint density at radius 3 is 2.88 bits per heavy atom. The van der Waals surface area contributed by atoms with Gasteiger partial charge >= 0.3 is 0 Å². The molecule has 1 aromatic rings. The maximum atomic E-state index is 12.3. The van der Waals surface area contributed by atoms with Crippen LogP contribution in [0.15, 0.2) is 6.20 Å². The third-order valence-electron chi connectivity index (χ3n) is 3.19. The Bertz CT molecular complexity index is 397. The van der Waals surface area contributed by atoms with Crippen molar-refractivity contribution in [2.75, 3.05) is 13.1 Å². The van der Waals surface area contributed by atoms with Crippen molar-refractivity contribution in [3.05, 3.63) is 17.5 Å². The second-order valence-corrected chi connectivity index (χ2v) is 4.80. The summed E-state index contributed by atoms with van der Waals surface area (Å²) in [6.07, 6.45) is 4.17. The van der Waals surface area contributed by atoms with Crippen molar-refractivity contribution in [1.29, 1.82) is 0 Å². The molecule has 0 bridgehead atoms. The standard InChI is InChI=1S/C12H19N3O/c1-9-5-4-6-15(7-9)12(16)11-8-14(3)13-10(11)2/h8-9H,4-7H2,1-3H3. The summed E-state index contributed by atoms with van der Waals surface area (Å²) in [6, 6.07) is 0. The highest BCUT2D eigenvalue weighted by atomic mass is 16.2. The number of amides is 1. The van der Waals surface area contributed by atoms with E-state index in [0.717, 1.165) is 30.8 Å². The summed E-state index contributed by atoms with van der Waals surface area (Å²) in [6.45, 7) is 5.86. The molecule has 1 aliphatic rings. The van der Waals surface area contributed by atoms with Gasteiger partial charge in [-0.15, -0.1) is 0 Å². The van der Waals surface area contributed by atoms with E-state index in [1.54, 1.807) is 4.68 Å². The molecule has 1 fully saturated rings. The van der Waals surface area contributed by atoms with E-state index in [-0.39, 0.29) is 5.91 Å². The largest absolute Gasteiger partial charge is 0.338 e.